The van der Waals surface area contributed by atoms with Crippen LogP contribution in [0.2, 0.25) is 0 Å². The lowest BCUT2D eigenvalue weighted by Crippen LogP contribution is -2.18. The number of aryl methyl sites for hydroxylation is 2. The first-order valence-corrected chi connectivity index (χ1v) is 7.52. The summed E-state index contributed by atoms with van der Waals surface area (Å²) in [4.78, 5) is 6.04. The van der Waals surface area contributed by atoms with E-state index in [-0.39, 0.29) is 4.90 Å². The van der Waals surface area contributed by atoms with Crippen LogP contribution in [-0.4, -0.2) is 27.5 Å². The van der Waals surface area contributed by atoms with Gasteiger partial charge in [-0.3, -0.25) is 4.72 Å². The van der Waals surface area contributed by atoms with Crippen molar-refractivity contribution in [3.8, 4) is 0 Å². The van der Waals surface area contributed by atoms with E-state index in [1.54, 1.807) is 51.2 Å². The molecule has 0 aromatic carbocycles. The van der Waals surface area contributed by atoms with Crippen LogP contribution >= 0.6 is 0 Å². The van der Waals surface area contributed by atoms with Crippen LogP contribution in [0.1, 0.15) is 11.5 Å². The minimum Gasteiger partial charge on any atom is -0.465 e. The molecule has 0 aliphatic heterocycles. The first kappa shape index (κ1) is 14.4. The van der Waals surface area contributed by atoms with Gasteiger partial charge in [0.25, 0.3) is 10.0 Å². The van der Waals surface area contributed by atoms with Gasteiger partial charge in [-0.15, -0.1) is 0 Å². The molecule has 0 saturated carbocycles. The summed E-state index contributed by atoms with van der Waals surface area (Å²) >= 11 is 0. The third kappa shape index (κ3) is 2.77. The Morgan fingerprint density at radius 3 is 2.55 bits per heavy atom. The fraction of sp³-hybridized carbons (Fsp3) is 0.308. The van der Waals surface area contributed by atoms with E-state index < -0.39 is 10.0 Å². The van der Waals surface area contributed by atoms with Crippen molar-refractivity contribution in [1.29, 1.82) is 0 Å². The van der Waals surface area contributed by atoms with Crippen molar-refractivity contribution in [2.45, 2.75) is 18.7 Å². The van der Waals surface area contributed by atoms with E-state index in [0.29, 0.717) is 23.0 Å². The van der Waals surface area contributed by atoms with Crippen LogP contribution in [-0.2, 0) is 10.0 Å². The second-order valence-electron chi connectivity index (χ2n) is 4.65. The Kier molecular flexibility index (Phi) is 3.71. The summed E-state index contributed by atoms with van der Waals surface area (Å²) in [6.07, 6.45) is 1.61. The second-order valence-corrected chi connectivity index (χ2v) is 6.30. The molecule has 0 fully saturated rings. The predicted octanol–water partition coefficient (Wildman–Crippen LogP) is 2.16. The molecule has 0 amide bonds. The Hall–Kier alpha value is -2.02. The van der Waals surface area contributed by atoms with E-state index in [1.807, 2.05) is 0 Å². The molecule has 2 aromatic rings. The molecule has 108 valence electrons. The zero-order valence-electron chi connectivity index (χ0n) is 11.8. The number of nitrogens with one attached hydrogen (secondary N) is 1. The average molecular weight is 295 g/mol. The summed E-state index contributed by atoms with van der Waals surface area (Å²) in [5.74, 6) is 1.47. The summed E-state index contributed by atoms with van der Waals surface area (Å²) in [6, 6.07) is 4.85. The molecule has 0 aliphatic carbocycles. The maximum Gasteiger partial charge on any atom is 0.265 e. The van der Waals surface area contributed by atoms with Gasteiger partial charge in [0.15, 0.2) is 5.82 Å². The Morgan fingerprint density at radius 1 is 1.30 bits per heavy atom. The van der Waals surface area contributed by atoms with Gasteiger partial charge in [-0.1, -0.05) is 0 Å². The molecule has 20 heavy (non-hydrogen) atoms. The Bertz CT molecular complexity index is 720. The summed E-state index contributed by atoms with van der Waals surface area (Å²) < 4.78 is 32.6. The number of furan rings is 1. The summed E-state index contributed by atoms with van der Waals surface area (Å²) in [5.41, 5.74) is 0.427. The van der Waals surface area contributed by atoms with Gasteiger partial charge < -0.3 is 9.32 Å². The van der Waals surface area contributed by atoms with E-state index in [1.165, 1.54) is 6.07 Å². The normalized spacial score (nSPS) is 11.4. The number of sulfonamides is 1. The van der Waals surface area contributed by atoms with E-state index >= 15 is 0 Å². The van der Waals surface area contributed by atoms with Crippen molar-refractivity contribution in [2.24, 2.45) is 0 Å². The van der Waals surface area contributed by atoms with Crippen LogP contribution in [0.5, 0.6) is 0 Å². The Balaban J connectivity index is 2.41. The number of pyridine rings is 1. The van der Waals surface area contributed by atoms with Crippen LogP contribution in [0.25, 0.3) is 0 Å². The number of anilines is 2. The lowest BCUT2D eigenvalue weighted by molar-refractivity contribution is 0.496. The van der Waals surface area contributed by atoms with Crippen molar-refractivity contribution in [2.75, 3.05) is 23.7 Å². The fourth-order valence-electron chi connectivity index (χ4n) is 1.91. The summed E-state index contributed by atoms with van der Waals surface area (Å²) in [6.45, 7) is 3.33. The number of rotatable bonds is 4. The SMILES string of the molecule is Cc1cc(S(=O)(=O)Nc2cccnc2N(C)C)c(C)o1. The van der Waals surface area contributed by atoms with Gasteiger partial charge in [0, 0.05) is 26.4 Å². The van der Waals surface area contributed by atoms with E-state index in [0.717, 1.165) is 0 Å². The first-order chi connectivity index (χ1) is 9.31. The maximum absolute atomic E-state index is 12.4. The van der Waals surface area contributed by atoms with Gasteiger partial charge in [0.2, 0.25) is 0 Å². The van der Waals surface area contributed by atoms with Gasteiger partial charge in [-0.05, 0) is 26.0 Å². The predicted molar refractivity (Wildman–Crippen MR) is 77.6 cm³/mol. The molecular formula is C13H17N3O3S. The molecule has 0 atom stereocenters. The molecule has 0 saturated heterocycles. The van der Waals surface area contributed by atoms with Crippen LogP contribution in [0.4, 0.5) is 11.5 Å². The molecule has 6 nitrogen and oxygen atoms in total. The number of nitrogens with zero attached hydrogens (tertiary/aromatic N) is 2. The van der Waals surface area contributed by atoms with Crippen molar-refractivity contribution < 1.29 is 12.8 Å². The summed E-state index contributed by atoms with van der Waals surface area (Å²) in [7, 11) is -0.0916. The van der Waals surface area contributed by atoms with E-state index in [4.69, 9.17) is 4.42 Å². The molecule has 7 heteroatoms. The largest absolute Gasteiger partial charge is 0.465 e. The highest BCUT2D eigenvalue weighted by molar-refractivity contribution is 7.92. The Labute approximate surface area is 118 Å². The molecule has 0 spiro atoms. The molecule has 2 rings (SSSR count). The smallest absolute Gasteiger partial charge is 0.265 e. The first-order valence-electron chi connectivity index (χ1n) is 6.03. The number of hydrogen-bond acceptors (Lipinski definition) is 5. The van der Waals surface area contributed by atoms with Crippen LogP contribution < -0.4 is 9.62 Å². The van der Waals surface area contributed by atoms with Crippen molar-refractivity contribution >= 4 is 21.5 Å². The fourth-order valence-corrected chi connectivity index (χ4v) is 3.21. The monoisotopic (exact) mass is 295 g/mol. The minimum atomic E-state index is -3.69. The van der Waals surface area contributed by atoms with Crippen LogP contribution in [0.3, 0.4) is 0 Å². The highest BCUT2D eigenvalue weighted by atomic mass is 32.2. The van der Waals surface area contributed by atoms with Gasteiger partial charge in [0.1, 0.15) is 16.4 Å². The van der Waals surface area contributed by atoms with Crippen molar-refractivity contribution in [3.05, 3.63) is 35.9 Å². The molecule has 1 N–H and O–H groups in total. The van der Waals surface area contributed by atoms with Gasteiger partial charge in [0.05, 0.1) is 5.69 Å². The standard InChI is InChI=1S/C13H17N3O3S/c1-9-8-12(10(2)19-9)20(17,18)15-11-6-5-7-14-13(11)16(3)4/h5-8,15H,1-4H3. The molecule has 0 bridgehead atoms. The summed E-state index contributed by atoms with van der Waals surface area (Å²) in [5, 5.41) is 0. The lowest BCUT2D eigenvalue weighted by Gasteiger charge is -2.16. The molecule has 0 aliphatic rings. The van der Waals surface area contributed by atoms with Gasteiger partial charge in [-0.2, -0.15) is 0 Å². The molecule has 2 aromatic heterocycles. The molecule has 0 unspecified atom stereocenters. The minimum absolute atomic E-state index is 0.142. The third-order valence-electron chi connectivity index (χ3n) is 2.74. The van der Waals surface area contributed by atoms with E-state index in [9.17, 15) is 8.42 Å². The van der Waals surface area contributed by atoms with E-state index in [2.05, 4.69) is 9.71 Å². The quantitative estimate of drug-likeness (QED) is 0.935. The van der Waals surface area contributed by atoms with Crippen LogP contribution in [0.15, 0.2) is 33.7 Å². The molecule has 2 heterocycles. The highest BCUT2D eigenvalue weighted by Gasteiger charge is 2.22. The number of hydrogen-bond donors (Lipinski definition) is 1. The molecule has 0 radical (unpaired) electrons. The van der Waals surface area contributed by atoms with Gasteiger partial charge in [-0.25, -0.2) is 13.4 Å². The zero-order valence-corrected chi connectivity index (χ0v) is 12.7. The van der Waals surface area contributed by atoms with Crippen molar-refractivity contribution in [1.82, 2.24) is 4.98 Å². The van der Waals surface area contributed by atoms with Crippen LogP contribution in [0, 0.1) is 13.8 Å². The highest BCUT2D eigenvalue weighted by Crippen LogP contribution is 2.26. The average Bonchev–Trinajstić information content (AvgIpc) is 2.69. The maximum atomic E-state index is 12.4. The third-order valence-corrected chi connectivity index (χ3v) is 4.21. The topological polar surface area (TPSA) is 75.4 Å². The lowest BCUT2D eigenvalue weighted by atomic mass is 10.4. The second kappa shape index (κ2) is 5.16. The molecular weight excluding hydrogens is 278 g/mol. The van der Waals surface area contributed by atoms with Gasteiger partial charge >= 0.3 is 0 Å². The van der Waals surface area contributed by atoms with Crippen molar-refractivity contribution in [3.63, 3.8) is 0 Å². The Morgan fingerprint density at radius 2 is 2.00 bits per heavy atom. The zero-order chi connectivity index (χ0) is 14.9. The number of aromatic nitrogens is 1.